The summed E-state index contributed by atoms with van der Waals surface area (Å²) in [4.78, 5) is 5.08. The molecule has 62 heavy (non-hydrogen) atoms. The molecular weight excluding hydrogens is 749 g/mol. The Morgan fingerprint density at radius 3 is 1.79 bits per heavy atom. The van der Waals surface area contributed by atoms with Gasteiger partial charge in [0.15, 0.2) is 0 Å². The van der Waals surface area contributed by atoms with Gasteiger partial charge in [-0.3, -0.25) is 0 Å². The van der Waals surface area contributed by atoms with E-state index < -0.39 is 0 Å². The van der Waals surface area contributed by atoms with Crippen LogP contribution in [0.4, 0.5) is 34.1 Å². The number of rotatable bonds is 5. The second-order valence-corrected chi connectivity index (χ2v) is 18.1. The van der Waals surface area contributed by atoms with Gasteiger partial charge < -0.3 is 9.80 Å². The summed E-state index contributed by atoms with van der Waals surface area (Å²) in [6.45, 7) is 9.51. The van der Waals surface area contributed by atoms with Gasteiger partial charge in [0.05, 0.1) is 22.7 Å². The van der Waals surface area contributed by atoms with Crippen molar-refractivity contribution in [2.45, 2.75) is 38.5 Å². The van der Waals surface area contributed by atoms with E-state index >= 15 is 0 Å². The fourth-order valence-corrected chi connectivity index (χ4v) is 10.9. The van der Waals surface area contributed by atoms with Gasteiger partial charge in [0, 0.05) is 27.6 Å². The predicted molar refractivity (Wildman–Crippen MR) is 263 cm³/mol. The van der Waals surface area contributed by atoms with Crippen LogP contribution in [0, 0.1) is 0 Å². The SMILES string of the molecule is CC1(C)c2ccccc2-c2ccc(N(c3ccccc3)c3ccc4ccccc4c3N3c4ccccc4C(C)(C)c4ccc(-c5cc6ccccc6c6ccccc56)cc43)cc21. The van der Waals surface area contributed by atoms with E-state index in [0.29, 0.717) is 0 Å². The van der Waals surface area contributed by atoms with Gasteiger partial charge in [-0.25, -0.2) is 0 Å². The molecule has 296 valence electrons. The van der Waals surface area contributed by atoms with Crippen LogP contribution in [0.5, 0.6) is 0 Å². The second-order valence-electron chi connectivity index (χ2n) is 18.1. The van der Waals surface area contributed by atoms with Crippen molar-refractivity contribution in [3.8, 4) is 22.3 Å². The molecule has 0 radical (unpaired) electrons. The van der Waals surface area contributed by atoms with Crippen LogP contribution < -0.4 is 9.80 Å². The van der Waals surface area contributed by atoms with E-state index in [-0.39, 0.29) is 10.8 Å². The van der Waals surface area contributed by atoms with E-state index in [2.05, 4.69) is 244 Å². The third-order valence-corrected chi connectivity index (χ3v) is 14.0. The molecule has 2 heteroatoms. The summed E-state index contributed by atoms with van der Waals surface area (Å²) in [6, 6.07) is 76.9. The molecule has 0 N–H and O–H groups in total. The van der Waals surface area contributed by atoms with Crippen molar-refractivity contribution < 1.29 is 0 Å². The quantitative estimate of drug-likeness (QED) is 0.160. The van der Waals surface area contributed by atoms with Crippen LogP contribution in [0.2, 0.25) is 0 Å². The van der Waals surface area contributed by atoms with Gasteiger partial charge in [-0.1, -0.05) is 185 Å². The Morgan fingerprint density at radius 2 is 0.968 bits per heavy atom. The summed E-state index contributed by atoms with van der Waals surface area (Å²) in [5.74, 6) is 0. The van der Waals surface area contributed by atoms with Gasteiger partial charge in [0.2, 0.25) is 0 Å². The highest BCUT2D eigenvalue weighted by Gasteiger charge is 2.40. The highest BCUT2D eigenvalue weighted by atomic mass is 15.2. The summed E-state index contributed by atoms with van der Waals surface area (Å²) in [6.07, 6.45) is 0. The third-order valence-electron chi connectivity index (χ3n) is 14.0. The first-order chi connectivity index (χ1) is 30.3. The molecule has 0 bridgehead atoms. The number of para-hydroxylation sites is 2. The molecule has 0 unspecified atom stereocenters. The first-order valence-electron chi connectivity index (χ1n) is 21.9. The molecule has 0 saturated heterocycles. The van der Waals surface area contributed by atoms with Gasteiger partial charge in [-0.2, -0.15) is 0 Å². The largest absolute Gasteiger partial charge is 0.308 e. The van der Waals surface area contributed by atoms with Crippen molar-refractivity contribution in [1.82, 2.24) is 0 Å². The van der Waals surface area contributed by atoms with E-state index in [1.165, 1.54) is 88.2 Å². The van der Waals surface area contributed by atoms with Crippen LogP contribution in [0.3, 0.4) is 0 Å². The maximum absolute atomic E-state index is 2.59. The van der Waals surface area contributed by atoms with E-state index in [4.69, 9.17) is 0 Å². The average Bonchev–Trinajstić information content (AvgIpc) is 3.54. The lowest BCUT2D eigenvalue weighted by Gasteiger charge is -2.44. The van der Waals surface area contributed by atoms with Crippen molar-refractivity contribution in [3.63, 3.8) is 0 Å². The zero-order valence-corrected chi connectivity index (χ0v) is 35.5. The summed E-state index contributed by atoms with van der Waals surface area (Å²) in [5, 5.41) is 7.46. The number of benzene rings is 10. The Hall–Kier alpha value is -7.42. The Kier molecular flexibility index (Phi) is 7.96. The molecule has 2 aliphatic rings. The summed E-state index contributed by atoms with van der Waals surface area (Å²) >= 11 is 0. The van der Waals surface area contributed by atoms with Crippen molar-refractivity contribution >= 4 is 66.4 Å². The Bertz CT molecular complexity index is 3430. The normalized spacial score (nSPS) is 14.4. The average molecular weight is 795 g/mol. The molecular formula is C60H46N2. The van der Waals surface area contributed by atoms with Gasteiger partial charge >= 0.3 is 0 Å². The lowest BCUT2D eigenvalue weighted by Crippen LogP contribution is -2.31. The smallest absolute Gasteiger partial charge is 0.0781 e. The molecule has 2 nitrogen and oxygen atoms in total. The zero-order chi connectivity index (χ0) is 41.7. The van der Waals surface area contributed by atoms with Gasteiger partial charge in [-0.15, -0.1) is 0 Å². The maximum Gasteiger partial charge on any atom is 0.0781 e. The van der Waals surface area contributed by atoms with Gasteiger partial charge in [0.25, 0.3) is 0 Å². The first-order valence-corrected chi connectivity index (χ1v) is 21.9. The van der Waals surface area contributed by atoms with Gasteiger partial charge in [0.1, 0.15) is 0 Å². The van der Waals surface area contributed by atoms with Crippen molar-refractivity contribution in [2.24, 2.45) is 0 Å². The highest BCUT2D eigenvalue weighted by Crippen LogP contribution is 2.58. The molecule has 0 saturated carbocycles. The monoisotopic (exact) mass is 794 g/mol. The standard InChI is InChI=1S/C60H46N2/c1-59(2)51-27-15-14-26-48(51)49-33-32-43(38-54(49)59)61(42-20-6-5-7-21-42)56-35-31-39-18-8-11-23-45(39)58(56)62-55-29-17-16-28-52(55)60(3,4)53-34-30-41(37-57(53)62)50-36-40-19-9-10-22-44(40)46-24-12-13-25-47(46)50/h5-38H,1-4H3. The Morgan fingerprint density at radius 1 is 0.355 bits per heavy atom. The van der Waals surface area contributed by atoms with Crippen molar-refractivity contribution in [3.05, 3.63) is 229 Å². The molecule has 0 amide bonds. The Labute approximate surface area is 364 Å². The molecule has 12 rings (SSSR count). The number of hydrogen-bond donors (Lipinski definition) is 0. The van der Waals surface area contributed by atoms with Crippen LogP contribution in [0.1, 0.15) is 49.9 Å². The molecule has 0 aromatic heterocycles. The minimum atomic E-state index is -0.253. The summed E-state index contributed by atoms with van der Waals surface area (Å²) < 4.78 is 0. The number of hydrogen-bond acceptors (Lipinski definition) is 2. The van der Waals surface area contributed by atoms with Crippen LogP contribution in [0.15, 0.2) is 206 Å². The highest BCUT2D eigenvalue weighted by molar-refractivity contribution is 6.14. The zero-order valence-electron chi connectivity index (χ0n) is 35.5. The van der Waals surface area contributed by atoms with Crippen LogP contribution >= 0.6 is 0 Å². The number of nitrogens with zero attached hydrogens (tertiary/aromatic N) is 2. The fraction of sp³-hybridized carbons (Fsp3) is 0.100. The Balaban J connectivity index is 1.15. The molecule has 0 spiro atoms. The fourth-order valence-electron chi connectivity index (χ4n) is 10.9. The first kappa shape index (κ1) is 36.4. The summed E-state index contributed by atoms with van der Waals surface area (Å²) in [5.41, 5.74) is 16.9. The number of fused-ring (bicyclic) bond motifs is 9. The molecule has 1 aliphatic heterocycles. The predicted octanol–water partition coefficient (Wildman–Crippen LogP) is 16.7. The topological polar surface area (TPSA) is 6.48 Å². The second kappa shape index (κ2) is 13.5. The molecule has 1 heterocycles. The molecule has 0 fully saturated rings. The lowest BCUT2D eigenvalue weighted by molar-refractivity contribution is 0.632. The molecule has 1 aliphatic carbocycles. The molecule has 0 atom stereocenters. The van der Waals surface area contributed by atoms with Crippen molar-refractivity contribution in [1.29, 1.82) is 0 Å². The van der Waals surface area contributed by atoms with E-state index in [1.54, 1.807) is 0 Å². The molecule has 10 aromatic rings. The minimum Gasteiger partial charge on any atom is -0.308 e. The minimum absolute atomic E-state index is 0.143. The van der Waals surface area contributed by atoms with Crippen LogP contribution in [-0.4, -0.2) is 0 Å². The van der Waals surface area contributed by atoms with Crippen LogP contribution in [0.25, 0.3) is 54.6 Å². The van der Waals surface area contributed by atoms with Crippen LogP contribution in [-0.2, 0) is 10.8 Å². The van der Waals surface area contributed by atoms with Gasteiger partial charge in [-0.05, 0) is 120 Å². The van der Waals surface area contributed by atoms with Crippen molar-refractivity contribution in [2.75, 3.05) is 9.80 Å². The van der Waals surface area contributed by atoms with E-state index in [0.717, 1.165) is 22.7 Å². The van der Waals surface area contributed by atoms with E-state index in [1.807, 2.05) is 0 Å². The maximum atomic E-state index is 2.59. The van der Waals surface area contributed by atoms with E-state index in [9.17, 15) is 0 Å². The lowest BCUT2D eigenvalue weighted by atomic mass is 9.73. The number of anilines is 6. The molecule has 10 aromatic carbocycles. The third kappa shape index (κ3) is 5.29. The summed E-state index contributed by atoms with van der Waals surface area (Å²) in [7, 11) is 0.